The molecule has 130 valence electrons. The lowest BCUT2D eigenvalue weighted by atomic mass is 10.1. The van der Waals surface area contributed by atoms with Gasteiger partial charge in [-0.2, -0.15) is 0 Å². The summed E-state index contributed by atoms with van der Waals surface area (Å²) >= 11 is 1.11. The zero-order chi connectivity index (χ0) is 18.0. The molecule has 9 heteroatoms. The van der Waals surface area contributed by atoms with E-state index in [1.165, 1.54) is 18.7 Å². The molecule has 2 aromatic heterocycles. The molecule has 0 fully saturated rings. The zero-order valence-electron chi connectivity index (χ0n) is 14.3. The summed E-state index contributed by atoms with van der Waals surface area (Å²) in [6.07, 6.45) is 0.602. The van der Waals surface area contributed by atoms with Gasteiger partial charge in [0, 0.05) is 20.5 Å². The van der Waals surface area contributed by atoms with E-state index in [0.717, 1.165) is 16.3 Å². The Labute approximate surface area is 142 Å². The molecule has 0 N–H and O–H groups in total. The van der Waals surface area contributed by atoms with E-state index < -0.39 is 17.2 Å². The van der Waals surface area contributed by atoms with Crippen molar-refractivity contribution >= 4 is 28.8 Å². The highest BCUT2D eigenvalue weighted by molar-refractivity contribution is 8.00. The largest absolute Gasteiger partial charge is 0.468 e. The number of aryl methyl sites for hydroxylation is 1. The second-order valence-corrected chi connectivity index (χ2v) is 6.78. The minimum atomic E-state index is -0.475. The second kappa shape index (κ2) is 7.16. The number of rotatable bonds is 5. The van der Waals surface area contributed by atoms with Gasteiger partial charge in [-0.05, 0) is 5.92 Å². The molecule has 24 heavy (non-hydrogen) atoms. The molecule has 0 atom stereocenters. The number of aromatic nitrogens is 4. The minimum Gasteiger partial charge on any atom is -0.468 e. The Kier molecular flexibility index (Phi) is 5.43. The summed E-state index contributed by atoms with van der Waals surface area (Å²) < 4.78 is 6.97. The fourth-order valence-corrected chi connectivity index (χ4v) is 3.08. The third kappa shape index (κ3) is 3.50. The monoisotopic (exact) mass is 352 g/mol. The fraction of sp³-hybridized carbons (Fsp3) is 0.533. The van der Waals surface area contributed by atoms with Crippen LogP contribution in [0.2, 0.25) is 0 Å². The summed E-state index contributed by atoms with van der Waals surface area (Å²) in [5.74, 6) is 0.451. The Balaban J connectivity index is 2.73. The highest BCUT2D eigenvalue weighted by atomic mass is 32.2. The maximum Gasteiger partial charge on any atom is 0.332 e. The van der Waals surface area contributed by atoms with E-state index in [9.17, 15) is 14.4 Å². The highest BCUT2D eigenvalue weighted by Crippen LogP contribution is 2.23. The lowest BCUT2D eigenvalue weighted by molar-refractivity contribution is -0.137. The number of thioether (sulfide) groups is 1. The number of carbonyl (C=O) groups is 1. The molecule has 0 aliphatic heterocycles. The number of carbonyl (C=O) groups excluding carboxylic acids is 1. The first-order valence-corrected chi connectivity index (χ1v) is 8.41. The van der Waals surface area contributed by atoms with Crippen LogP contribution < -0.4 is 11.2 Å². The molecule has 0 radical (unpaired) electrons. The number of hydrogen-bond donors (Lipinski definition) is 0. The number of esters is 1. The first kappa shape index (κ1) is 18.2. The minimum absolute atomic E-state index is 0.0235. The number of ether oxygens (including phenoxy) is 1. The van der Waals surface area contributed by atoms with Gasteiger partial charge in [0.1, 0.15) is 16.2 Å². The van der Waals surface area contributed by atoms with Crippen LogP contribution in [0.15, 0.2) is 14.6 Å². The summed E-state index contributed by atoms with van der Waals surface area (Å²) in [6.45, 7) is 4.05. The SMILES string of the molecule is COC(=O)CSc1nc(CC(C)C)nc2c1c(=O)n(C)c(=O)n2C. The summed E-state index contributed by atoms with van der Waals surface area (Å²) in [5.41, 5.74) is -0.650. The Morgan fingerprint density at radius 3 is 2.46 bits per heavy atom. The molecule has 0 aromatic carbocycles. The van der Waals surface area contributed by atoms with Gasteiger partial charge in [0.2, 0.25) is 0 Å². The van der Waals surface area contributed by atoms with Crippen molar-refractivity contribution in [2.75, 3.05) is 12.9 Å². The molecule has 0 aliphatic carbocycles. The molecule has 0 unspecified atom stereocenters. The summed E-state index contributed by atoms with van der Waals surface area (Å²) in [6, 6.07) is 0. The third-order valence-corrected chi connectivity index (χ3v) is 4.41. The molecule has 2 heterocycles. The zero-order valence-corrected chi connectivity index (χ0v) is 15.1. The van der Waals surface area contributed by atoms with Crippen molar-refractivity contribution in [1.82, 2.24) is 19.1 Å². The van der Waals surface area contributed by atoms with Crippen LogP contribution in [0.4, 0.5) is 0 Å². The molecule has 0 saturated heterocycles. The number of nitrogens with zero attached hydrogens (tertiary/aromatic N) is 4. The first-order chi connectivity index (χ1) is 11.3. The van der Waals surface area contributed by atoms with Crippen molar-refractivity contribution in [1.29, 1.82) is 0 Å². The molecular formula is C15H20N4O4S. The highest BCUT2D eigenvalue weighted by Gasteiger charge is 2.18. The van der Waals surface area contributed by atoms with Gasteiger partial charge in [-0.3, -0.25) is 18.7 Å². The molecule has 0 spiro atoms. The molecule has 2 aromatic rings. The average molecular weight is 352 g/mol. The van der Waals surface area contributed by atoms with Crippen LogP contribution in [0.1, 0.15) is 19.7 Å². The van der Waals surface area contributed by atoms with Crippen LogP contribution in [-0.2, 0) is 30.0 Å². The maximum atomic E-state index is 12.5. The van der Waals surface area contributed by atoms with Gasteiger partial charge in [-0.15, -0.1) is 0 Å². The van der Waals surface area contributed by atoms with E-state index in [1.807, 2.05) is 13.8 Å². The summed E-state index contributed by atoms with van der Waals surface area (Å²) in [5, 5.41) is 0.623. The summed E-state index contributed by atoms with van der Waals surface area (Å²) in [4.78, 5) is 44.9. The van der Waals surface area contributed by atoms with Gasteiger partial charge in [0.15, 0.2) is 5.65 Å². The van der Waals surface area contributed by atoms with E-state index >= 15 is 0 Å². The van der Waals surface area contributed by atoms with Crippen molar-refractivity contribution in [3.05, 3.63) is 26.7 Å². The van der Waals surface area contributed by atoms with E-state index in [1.54, 1.807) is 7.05 Å². The Morgan fingerprint density at radius 1 is 1.21 bits per heavy atom. The van der Waals surface area contributed by atoms with Gasteiger partial charge < -0.3 is 4.74 Å². The Hall–Kier alpha value is -2.16. The molecule has 0 bridgehead atoms. The predicted molar refractivity (Wildman–Crippen MR) is 91.3 cm³/mol. The first-order valence-electron chi connectivity index (χ1n) is 7.42. The van der Waals surface area contributed by atoms with Crippen LogP contribution in [0.3, 0.4) is 0 Å². The molecule has 0 amide bonds. The molecular weight excluding hydrogens is 332 g/mol. The Bertz CT molecular complexity index is 901. The van der Waals surface area contributed by atoms with Crippen LogP contribution in [0, 0.1) is 5.92 Å². The van der Waals surface area contributed by atoms with Crippen molar-refractivity contribution in [3.63, 3.8) is 0 Å². The fourth-order valence-electron chi connectivity index (χ4n) is 2.22. The number of hydrogen-bond acceptors (Lipinski definition) is 7. The van der Waals surface area contributed by atoms with Crippen LogP contribution in [0.5, 0.6) is 0 Å². The van der Waals surface area contributed by atoms with E-state index in [-0.39, 0.29) is 16.8 Å². The van der Waals surface area contributed by atoms with Gasteiger partial charge in [0.05, 0.1) is 12.9 Å². The number of fused-ring (bicyclic) bond motifs is 1. The van der Waals surface area contributed by atoms with E-state index in [0.29, 0.717) is 23.2 Å². The van der Waals surface area contributed by atoms with E-state index in [4.69, 9.17) is 0 Å². The quantitative estimate of drug-likeness (QED) is 0.439. The molecule has 0 aliphatic rings. The van der Waals surface area contributed by atoms with Gasteiger partial charge in [0.25, 0.3) is 5.56 Å². The van der Waals surface area contributed by atoms with Crippen molar-refractivity contribution < 1.29 is 9.53 Å². The summed E-state index contributed by atoms with van der Waals surface area (Å²) in [7, 11) is 4.26. The topological polar surface area (TPSA) is 96.1 Å². The second-order valence-electron chi connectivity index (χ2n) is 5.81. The predicted octanol–water partition coefficient (Wildman–Crippen LogP) is 0.491. The standard InChI is InChI=1S/C15H20N4O4S/c1-8(2)6-9-16-12-11(13(17-9)24-7-10(20)23-5)14(21)19(4)15(22)18(12)3/h8H,6-7H2,1-5H3. The Morgan fingerprint density at radius 2 is 1.88 bits per heavy atom. The van der Waals surface area contributed by atoms with Crippen LogP contribution in [-0.4, -0.2) is 37.9 Å². The molecule has 2 rings (SSSR count). The van der Waals surface area contributed by atoms with Crippen LogP contribution >= 0.6 is 11.8 Å². The van der Waals surface area contributed by atoms with E-state index in [2.05, 4.69) is 14.7 Å². The smallest absolute Gasteiger partial charge is 0.332 e. The van der Waals surface area contributed by atoms with Crippen molar-refractivity contribution in [3.8, 4) is 0 Å². The maximum absolute atomic E-state index is 12.5. The van der Waals surface area contributed by atoms with Crippen LogP contribution in [0.25, 0.3) is 11.0 Å². The third-order valence-electron chi connectivity index (χ3n) is 3.46. The average Bonchev–Trinajstić information content (AvgIpc) is 2.54. The molecule has 0 saturated carbocycles. The molecule has 8 nitrogen and oxygen atoms in total. The number of methoxy groups -OCH3 is 1. The van der Waals surface area contributed by atoms with Crippen molar-refractivity contribution in [2.24, 2.45) is 20.0 Å². The normalized spacial score (nSPS) is 11.2. The lowest BCUT2D eigenvalue weighted by Gasteiger charge is -2.12. The van der Waals surface area contributed by atoms with Gasteiger partial charge in [-0.25, -0.2) is 14.8 Å². The van der Waals surface area contributed by atoms with Gasteiger partial charge in [-0.1, -0.05) is 25.6 Å². The lowest BCUT2D eigenvalue weighted by Crippen LogP contribution is -2.38. The van der Waals surface area contributed by atoms with Crippen molar-refractivity contribution in [2.45, 2.75) is 25.3 Å². The van der Waals surface area contributed by atoms with Gasteiger partial charge >= 0.3 is 11.7 Å².